The molecule has 1 aromatic rings. The first-order valence-corrected chi connectivity index (χ1v) is 6.74. The van der Waals surface area contributed by atoms with E-state index in [9.17, 15) is 4.79 Å². The molecule has 0 aliphatic rings. The van der Waals surface area contributed by atoms with Gasteiger partial charge in [-0.25, -0.2) is 0 Å². The average Bonchev–Trinajstić information content (AvgIpc) is 2.45. The maximum Gasteiger partial charge on any atom is 0.253 e. The van der Waals surface area contributed by atoms with Gasteiger partial charge in [0.05, 0.1) is 17.4 Å². The molecule has 106 valence electrons. The van der Waals surface area contributed by atoms with Crippen LogP contribution in [0.3, 0.4) is 0 Å². The van der Waals surface area contributed by atoms with Crippen LogP contribution in [0.4, 0.5) is 5.69 Å². The third-order valence-electron chi connectivity index (χ3n) is 2.69. The van der Waals surface area contributed by atoms with Crippen molar-refractivity contribution in [3.63, 3.8) is 0 Å². The molecule has 5 nitrogen and oxygen atoms in total. The number of amides is 1. The van der Waals surface area contributed by atoms with Crippen molar-refractivity contribution in [3.8, 4) is 0 Å². The van der Waals surface area contributed by atoms with Gasteiger partial charge in [0, 0.05) is 33.0 Å². The van der Waals surface area contributed by atoms with Crippen LogP contribution < -0.4 is 10.6 Å². The molecular weight excluding hydrogens is 242 g/mol. The molecule has 0 unspecified atom stereocenters. The second-order valence-corrected chi connectivity index (χ2v) is 4.30. The molecule has 0 saturated carbocycles. The molecule has 5 heteroatoms. The van der Waals surface area contributed by atoms with Crippen LogP contribution in [-0.4, -0.2) is 37.7 Å². The number of hydrogen-bond donors (Lipinski definition) is 2. The number of carbonyl (C=O) groups excluding carboxylic acids is 1. The molecule has 0 fully saturated rings. The molecule has 0 aromatic carbocycles. The summed E-state index contributed by atoms with van der Waals surface area (Å²) >= 11 is 0. The maximum absolute atomic E-state index is 12.1. The Morgan fingerprint density at radius 2 is 2.21 bits per heavy atom. The summed E-state index contributed by atoms with van der Waals surface area (Å²) in [6, 6.07) is 1.74. The van der Waals surface area contributed by atoms with E-state index in [1.54, 1.807) is 25.6 Å². The smallest absolute Gasteiger partial charge is 0.253 e. The Morgan fingerprint density at radius 1 is 1.37 bits per heavy atom. The maximum atomic E-state index is 12.1. The van der Waals surface area contributed by atoms with E-state index < -0.39 is 0 Å². The van der Waals surface area contributed by atoms with Crippen molar-refractivity contribution in [2.24, 2.45) is 0 Å². The molecule has 1 rings (SSSR count). The highest BCUT2D eigenvalue weighted by molar-refractivity contribution is 5.99. The van der Waals surface area contributed by atoms with Gasteiger partial charge < -0.3 is 15.4 Å². The molecule has 19 heavy (non-hydrogen) atoms. The van der Waals surface area contributed by atoms with E-state index in [0.717, 1.165) is 38.1 Å². The van der Waals surface area contributed by atoms with Crippen LogP contribution in [0.1, 0.15) is 36.5 Å². The number of rotatable bonds is 9. The van der Waals surface area contributed by atoms with Gasteiger partial charge >= 0.3 is 0 Å². The zero-order chi connectivity index (χ0) is 13.9. The van der Waals surface area contributed by atoms with Crippen molar-refractivity contribution in [1.82, 2.24) is 10.3 Å². The topological polar surface area (TPSA) is 63.2 Å². The second-order valence-electron chi connectivity index (χ2n) is 4.30. The quantitative estimate of drug-likeness (QED) is 0.671. The molecule has 0 atom stereocenters. The van der Waals surface area contributed by atoms with E-state index in [4.69, 9.17) is 4.74 Å². The molecule has 0 saturated heterocycles. The summed E-state index contributed by atoms with van der Waals surface area (Å²) in [7, 11) is 1.68. The highest BCUT2D eigenvalue weighted by atomic mass is 16.5. The summed E-state index contributed by atoms with van der Waals surface area (Å²) in [6.07, 6.45) is 6.20. The summed E-state index contributed by atoms with van der Waals surface area (Å²) in [5.74, 6) is -0.0570. The fourth-order valence-electron chi connectivity index (χ4n) is 1.66. The lowest BCUT2D eigenvalue weighted by atomic mass is 10.2. The predicted molar refractivity (Wildman–Crippen MR) is 76.5 cm³/mol. The van der Waals surface area contributed by atoms with Gasteiger partial charge in [0.15, 0.2) is 0 Å². The monoisotopic (exact) mass is 265 g/mol. The summed E-state index contributed by atoms with van der Waals surface area (Å²) in [5, 5.41) is 6.12. The first-order valence-electron chi connectivity index (χ1n) is 6.74. The van der Waals surface area contributed by atoms with E-state index >= 15 is 0 Å². The molecule has 1 heterocycles. The number of anilines is 1. The molecule has 2 N–H and O–H groups in total. The van der Waals surface area contributed by atoms with Crippen molar-refractivity contribution in [3.05, 3.63) is 24.0 Å². The van der Waals surface area contributed by atoms with E-state index in [2.05, 4.69) is 22.5 Å². The van der Waals surface area contributed by atoms with Gasteiger partial charge in [0.2, 0.25) is 0 Å². The number of unbranched alkanes of at least 4 members (excludes halogenated alkanes) is 1. The molecule has 0 aliphatic heterocycles. The van der Waals surface area contributed by atoms with Gasteiger partial charge in [0.1, 0.15) is 0 Å². The zero-order valence-electron chi connectivity index (χ0n) is 11.7. The Labute approximate surface area is 114 Å². The van der Waals surface area contributed by atoms with Gasteiger partial charge in [-0.2, -0.15) is 0 Å². The summed E-state index contributed by atoms with van der Waals surface area (Å²) < 4.78 is 4.97. The van der Waals surface area contributed by atoms with Crippen LogP contribution in [-0.2, 0) is 4.74 Å². The first-order chi connectivity index (χ1) is 9.29. The predicted octanol–water partition coefficient (Wildman–Crippen LogP) is 2.06. The zero-order valence-corrected chi connectivity index (χ0v) is 11.7. The van der Waals surface area contributed by atoms with Gasteiger partial charge in [0.25, 0.3) is 5.91 Å². The number of ether oxygens (including phenoxy) is 1. The van der Waals surface area contributed by atoms with Crippen molar-refractivity contribution in [2.45, 2.75) is 26.2 Å². The molecule has 0 radical (unpaired) electrons. The van der Waals surface area contributed by atoms with Crippen LogP contribution in [0, 0.1) is 0 Å². The number of hydrogen-bond acceptors (Lipinski definition) is 4. The minimum absolute atomic E-state index is 0.0570. The SMILES string of the molecule is CCCNc1cnccc1C(=O)NCCCCOC. The average molecular weight is 265 g/mol. The highest BCUT2D eigenvalue weighted by Gasteiger charge is 2.10. The third kappa shape index (κ3) is 5.70. The number of methoxy groups -OCH3 is 1. The molecule has 0 spiro atoms. The second kappa shape index (κ2) is 9.33. The molecule has 0 bridgehead atoms. The lowest BCUT2D eigenvalue weighted by Crippen LogP contribution is -2.25. The summed E-state index contributed by atoms with van der Waals surface area (Å²) in [6.45, 7) is 4.31. The highest BCUT2D eigenvalue weighted by Crippen LogP contribution is 2.13. The lowest BCUT2D eigenvalue weighted by Gasteiger charge is -2.11. The van der Waals surface area contributed by atoms with Crippen LogP contribution in [0.25, 0.3) is 0 Å². The fourth-order valence-corrected chi connectivity index (χ4v) is 1.66. The Hall–Kier alpha value is -1.62. The summed E-state index contributed by atoms with van der Waals surface area (Å²) in [5.41, 5.74) is 1.44. The third-order valence-corrected chi connectivity index (χ3v) is 2.69. The summed E-state index contributed by atoms with van der Waals surface area (Å²) in [4.78, 5) is 16.1. The first kappa shape index (κ1) is 15.4. The van der Waals surface area contributed by atoms with Gasteiger partial charge in [-0.3, -0.25) is 9.78 Å². The molecule has 0 aliphatic carbocycles. The standard InChI is InChI=1S/C14H23N3O2/c1-3-7-16-13-11-15-9-6-12(13)14(18)17-8-4-5-10-19-2/h6,9,11,16H,3-5,7-8,10H2,1-2H3,(H,17,18). The Kier molecular flexibility index (Phi) is 7.58. The minimum Gasteiger partial charge on any atom is -0.385 e. The number of nitrogens with zero attached hydrogens (tertiary/aromatic N) is 1. The largest absolute Gasteiger partial charge is 0.385 e. The number of pyridine rings is 1. The molecule has 1 amide bonds. The van der Waals surface area contributed by atoms with E-state index in [-0.39, 0.29) is 5.91 Å². The van der Waals surface area contributed by atoms with Crippen molar-refractivity contribution >= 4 is 11.6 Å². The van der Waals surface area contributed by atoms with Crippen LogP contribution in [0.5, 0.6) is 0 Å². The van der Waals surface area contributed by atoms with Crippen LogP contribution in [0.2, 0.25) is 0 Å². The number of aromatic nitrogens is 1. The lowest BCUT2D eigenvalue weighted by molar-refractivity contribution is 0.0952. The van der Waals surface area contributed by atoms with Crippen LogP contribution in [0.15, 0.2) is 18.5 Å². The normalized spacial score (nSPS) is 10.2. The Balaban J connectivity index is 2.46. The van der Waals surface area contributed by atoms with Crippen molar-refractivity contribution < 1.29 is 9.53 Å². The molecule has 1 aromatic heterocycles. The number of nitrogens with one attached hydrogen (secondary N) is 2. The van der Waals surface area contributed by atoms with Crippen molar-refractivity contribution in [1.29, 1.82) is 0 Å². The van der Waals surface area contributed by atoms with Gasteiger partial charge in [-0.1, -0.05) is 6.92 Å². The minimum atomic E-state index is -0.0570. The van der Waals surface area contributed by atoms with E-state index in [1.165, 1.54) is 0 Å². The molecular formula is C14H23N3O2. The van der Waals surface area contributed by atoms with E-state index in [1.807, 2.05) is 0 Å². The van der Waals surface area contributed by atoms with Crippen LogP contribution >= 0.6 is 0 Å². The number of carbonyl (C=O) groups is 1. The van der Waals surface area contributed by atoms with E-state index in [0.29, 0.717) is 12.1 Å². The Morgan fingerprint density at radius 3 is 2.95 bits per heavy atom. The fraction of sp³-hybridized carbons (Fsp3) is 0.571. The van der Waals surface area contributed by atoms with Gasteiger partial charge in [-0.15, -0.1) is 0 Å². The van der Waals surface area contributed by atoms with Crippen molar-refractivity contribution in [2.75, 3.05) is 32.1 Å². The van der Waals surface area contributed by atoms with Gasteiger partial charge in [-0.05, 0) is 25.3 Å². The Bertz CT molecular complexity index is 383.